The second-order valence-corrected chi connectivity index (χ2v) is 5.27. The number of aliphatic hydroxyl groups is 1. The van der Waals surface area contributed by atoms with Gasteiger partial charge >= 0.3 is 0 Å². The molecule has 0 saturated carbocycles. The Labute approximate surface area is 135 Å². The Morgan fingerprint density at radius 2 is 1.87 bits per heavy atom. The lowest BCUT2D eigenvalue weighted by Crippen LogP contribution is -2.27. The van der Waals surface area contributed by atoms with Crippen LogP contribution in [0.25, 0.3) is 0 Å². The van der Waals surface area contributed by atoms with Gasteiger partial charge in [-0.2, -0.15) is 0 Å². The predicted octanol–water partition coefficient (Wildman–Crippen LogP) is 2.77. The third kappa shape index (κ3) is 4.06. The molecule has 0 saturated heterocycles. The smallest absolute Gasteiger partial charge is 0.273 e. The highest BCUT2D eigenvalue weighted by Gasteiger charge is 2.20. The summed E-state index contributed by atoms with van der Waals surface area (Å²) in [5, 5.41) is 20.8. The second kappa shape index (κ2) is 7.71. The maximum Gasteiger partial charge on any atom is 0.273 e. The Bertz CT molecular complexity index is 658. The van der Waals surface area contributed by atoms with Crippen LogP contribution >= 0.6 is 0 Å². The SMILES string of the molecule is COc1ccc([C@H](CO)N(C)Cc2ccccc2[N+](=O)[O-])cc1. The summed E-state index contributed by atoms with van der Waals surface area (Å²) in [7, 11) is 3.43. The van der Waals surface area contributed by atoms with Gasteiger partial charge < -0.3 is 9.84 Å². The summed E-state index contributed by atoms with van der Waals surface area (Å²) in [6, 6.07) is 13.8. The molecule has 1 atom stereocenters. The van der Waals surface area contributed by atoms with Crippen molar-refractivity contribution in [2.24, 2.45) is 0 Å². The van der Waals surface area contributed by atoms with E-state index in [-0.39, 0.29) is 23.3 Å². The number of hydrogen-bond acceptors (Lipinski definition) is 5. The lowest BCUT2D eigenvalue weighted by atomic mass is 10.0. The van der Waals surface area contributed by atoms with Crippen LogP contribution in [0.3, 0.4) is 0 Å². The standard InChI is InChI=1S/C17H20N2O4/c1-18(11-14-5-3-4-6-16(14)19(21)22)17(12-20)13-7-9-15(23-2)10-8-13/h3-10,17,20H,11-12H2,1-2H3/t17-/m0/s1. The normalized spacial score (nSPS) is 12.2. The summed E-state index contributed by atoms with van der Waals surface area (Å²) in [4.78, 5) is 12.6. The zero-order valence-electron chi connectivity index (χ0n) is 13.2. The fourth-order valence-corrected chi connectivity index (χ4v) is 2.53. The van der Waals surface area contributed by atoms with Crippen LogP contribution in [0.5, 0.6) is 5.75 Å². The number of rotatable bonds is 7. The molecular weight excluding hydrogens is 296 g/mol. The molecule has 2 aromatic carbocycles. The minimum Gasteiger partial charge on any atom is -0.497 e. The zero-order chi connectivity index (χ0) is 16.8. The molecule has 6 nitrogen and oxygen atoms in total. The summed E-state index contributed by atoms with van der Waals surface area (Å²) >= 11 is 0. The van der Waals surface area contributed by atoms with Gasteiger partial charge in [0.15, 0.2) is 0 Å². The zero-order valence-corrected chi connectivity index (χ0v) is 13.2. The number of ether oxygens (including phenoxy) is 1. The van der Waals surface area contributed by atoms with Gasteiger partial charge in [0.2, 0.25) is 0 Å². The Kier molecular flexibility index (Phi) is 5.67. The maximum atomic E-state index is 11.1. The van der Waals surface area contributed by atoms with Gasteiger partial charge in [-0.25, -0.2) is 0 Å². The number of aliphatic hydroxyl groups excluding tert-OH is 1. The minimum absolute atomic E-state index is 0.0799. The molecule has 2 aromatic rings. The first kappa shape index (κ1) is 16.9. The quantitative estimate of drug-likeness (QED) is 0.628. The highest BCUT2D eigenvalue weighted by atomic mass is 16.6. The summed E-state index contributed by atoms with van der Waals surface area (Å²) in [5.74, 6) is 0.742. The molecule has 0 aliphatic rings. The third-order valence-electron chi connectivity index (χ3n) is 3.81. The molecule has 2 rings (SSSR count). The number of para-hydroxylation sites is 1. The van der Waals surface area contributed by atoms with Crippen LogP contribution in [0.2, 0.25) is 0 Å². The van der Waals surface area contributed by atoms with E-state index in [4.69, 9.17) is 4.74 Å². The van der Waals surface area contributed by atoms with Crippen LogP contribution in [-0.2, 0) is 6.54 Å². The van der Waals surface area contributed by atoms with Crippen molar-refractivity contribution in [3.63, 3.8) is 0 Å². The fourth-order valence-electron chi connectivity index (χ4n) is 2.53. The van der Waals surface area contributed by atoms with E-state index in [1.165, 1.54) is 6.07 Å². The molecule has 0 spiro atoms. The molecule has 0 unspecified atom stereocenters. The molecule has 0 aromatic heterocycles. The van der Waals surface area contributed by atoms with Crippen LogP contribution in [-0.4, -0.2) is 35.7 Å². The van der Waals surface area contributed by atoms with Gasteiger partial charge in [-0.15, -0.1) is 0 Å². The van der Waals surface area contributed by atoms with Gasteiger partial charge in [0.05, 0.1) is 24.7 Å². The van der Waals surface area contributed by atoms with Crippen LogP contribution in [0.15, 0.2) is 48.5 Å². The number of nitro benzene ring substituents is 1. The number of methoxy groups -OCH3 is 1. The van der Waals surface area contributed by atoms with Gasteiger partial charge in [0.25, 0.3) is 5.69 Å². The predicted molar refractivity (Wildman–Crippen MR) is 87.4 cm³/mol. The van der Waals surface area contributed by atoms with Gasteiger partial charge in [0.1, 0.15) is 5.75 Å². The van der Waals surface area contributed by atoms with Crippen molar-refractivity contribution in [3.8, 4) is 5.75 Å². The van der Waals surface area contributed by atoms with Gasteiger partial charge in [0, 0.05) is 18.2 Å². The summed E-state index contributed by atoms with van der Waals surface area (Å²) < 4.78 is 5.13. The maximum absolute atomic E-state index is 11.1. The molecule has 23 heavy (non-hydrogen) atoms. The lowest BCUT2D eigenvalue weighted by Gasteiger charge is -2.27. The first-order valence-corrected chi connectivity index (χ1v) is 7.24. The summed E-state index contributed by atoms with van der Waals surface area (Å²) in [5.41, 5.74) is 1.63. The number of likely N-dealkylation sites (N-methyl/N-ethyl adjacent to an activating group) is 1. The molecule has 1 N–H and O–H groups in total. The van der Waals surface area contributed by atoms with Crippen molar-refractivity contribution in [1.82, 2.24) is 4.90 Å². The molecule has 6 heteroatoms. The Balaban J connectivity index is 2.20. The molecule has 0 aliphatic carbocycles. The number of nitro groups is 1. The van der Waals surface area contributed by atoms with Crippen molar-refractivity contribution in [2.45, 2.75) is 12.6 Å². The van der Waals surface area contributed by atoms with Crippen molar-refractivity contribution in [1.29, 1.82) is 0 Å². The monoisotopic (exact) mass is 316 g/mol. The highest BCUT2D eigenvalue weighted by Crippen LogP contribution is 2.26. The van der Waals surface area contributed by atoms with E-state index in [1.807, 2.05) is 36.2 Å². The number of hydrogen-bond donors (Lipinski definition) is 1. The van der Waals surface area contributed by atoms with Crippen molar-refractivity contribution in [3.05, 3.63) is 69.8 Å². The highest BCUT2D eigenvalue weighted by molar-refractivity contribution is 5.40. The number of nitrogens with zero attached hydrogens (tertiary/aromatic N) is 2. The topological polar surface area (TPSA) is 75.8 Å². The number of benzene rings is 2. The van der Waals surface area contributed by atoms with E-state index in [1.54, 1.807) is 25.3 Å². The third-order valence-corrected chi connectivity index (χ3v) is 3.81. The molecular formula is C17H20N2O4. The van der Waals surface area contributed by atoms with E-state index in [9.17, 15) is 15.2 Å². The van der Waals surface area contributed by atoms with Gasteiger partial charge in [-0.1, -0.05) is 30.3 Å². The second-order valence-electron chi connectivity index (χ2n) is 5.27. The fraction of sp³-hybridized carbons (Fsp3) is 0.294. The summed E-state index contributed by atoms with van der Waals surface area (Å²) in [6.07, 6.45) is 0. The van der Waals surface area contributed by atoms with Crippen molar-refractivity contribution in [2.75, 3.05) is 20.8 Å². The van der Waals surface area contributed by atoms with Crippen LogP contribution in [0, 0.1) is 10.1 Å². The molecule has 0 heterocycles. The Morgan fingerprint density at radius 1 is 1.22 bits per heavy atom. The van der Waals surface area contributed by atoms with E-state index in [0.717, 1.165) is 11.3 Å². The Hall–Kier alpha value is -2.44. The molecule has 0 bridgehead atoms. The largest absolute Gasteiger partial charge is 0.497 e. The molecule has 0 radical (unpaired) electrons. The molecule has 0 aliphatic heterocycles. The van der Waals surface area contributed by atoms with Gasteiger partial charge in [-0.05, 0) is 24.7 Å². The molecule has 122 valence electrons. The molecule has 0 fully saturated rings. The van der Waals surface area contributed by atoms with E-state index in [2.05, 4.69) is 0 Å². The van der Waals surface area contributed by atoms with Crippen molar-refractivity contribution >= 4 is 5.69 Å². The minimum atomic E-state index is -0.384. The first-order valence-electron chi connectivity index (χ1n) is 7.24. The average molecular weight is 316 g/mol. The average Bonchev–Trinajstić information content (AvgIpc) is 2.56. The Morgan fingerprint density at radius 3 is 2.43 bits per heavy atom. The first-order chi connectivity index (χ1) is 11.1. The van der Waals surface area contributed by atoms with Crippen LogP contribution in [0.4, 0.5) is 5.69 Å². The molecule has 0 amide bonds. The summed E-state index contributed by atoms with van der Waals surface area (Å²) in [6.45, 7) is 0.290. The van der Waals surface area contributed by atoms with E-state index >= 15 is 0 Å². The lowest BCUT2D eigenvalue weighted by molar-refractivity contribution is -0.385. The van der Waals surface area contributed by atoms with E-state index < -0.39 is 0 Å². The van der Waals surface area contributed by atoms with Crippen molar-refractivity contribution < 1.29 is 14.8 Å². The van der Waals surface area contributed by atoms with Gasteiger partial charge in [-0.3, -0.25) is 15.0 Å². The van der Waals surface area contributed by atoms with Crippen LogP contribution in [0.1, 0.15) is 17.2 Å². The van der Waals surface area contributed by atoms with E-state index in [0.29, 0.717) is 12.1 Å². The van der Waals surface area contributed by atoms with Crippen LogP contribution < -0.4 is 4.74 Å².